The maximum Gasteiger partial charge on any atom is 0.123 e. The van der Waals surface area contributed by atoms with Crippen molar-refractivity contribution in [2.45, 2.75) is 44.2 Å². The molecule has 1 heterocycles. The van der Waals surface area contributed by atoms with Crippen molar-refractivity contribution in [1.82, 2.24) is 4.90 Å². The first-order chi connectivity index (χ1) is 10.2. The Morgan fingerprint density at radius 1 is 1.33 bits per heavy atom. The molecule has 0 bridgehead atoms. The van der Waals surface area contributed by atoms with Gasteiger partial charge >= 0.3 is 0 Å². The van der Waals surface area contributed by atoms with Gasteiger partial charge in [-0.1, -0.05) is 24.4 Å². The highest BCUT2D eigenvalue weighted by atomic mass is 35.5. The molecule has 1 aromatic rings. The molecule has 1 aliphatic heterocycles. The van der Waals surface area contributed by atoms with E-state index in [2.05, 4.69) is 11.9 Å². The Morgan fingerprint density at radius 2 is 2.14 bits per heavy atom. The molecule has 3 unspecified atom stereocenters. The fourth-order valence-corrected chi connectivity index (χ4v) is 4.09. The molecule has 0 aromatic heterocycles. The summed E-state index contributed by atoms with van der Waals surface area (Å²) >= 11 is 6.06. The number of hydrogen-bond acceptors (Lipinski definition) is 3. The lowest BCUT2D eigenvalue weighted by Crippen LogP contribution is -2.46. The molecule has 3 atom stereocenters. The molecule has 1 aliphatic carbocycles. The second-order valence-electron chi connectivity index (χ2n) is 6.48. The van der Waals surface area contributed by atoms with Crippen molar-refractivity contribution in [2.75, 3.05) is 20.1 Å². The Morgan fingerprint density at radius 3 is 2.95 bits per heavy atom. The maximum atomic E-state index is 6.06. The summed E-state index contributed by atoms with van der Waals surface area (Å²) in [6, 6.07) is 6.53. The highest BCUT2D eigenvalue weighted by molar-refractivity contribution is 6.30. The van der Waals surface area contributed by atoms with Gasteiger partial charge in [-0.2, -0.15) is 0 Å². The minimum Gasteiger partial charge on any atom is -0.488 e. The van der Waals surface area contributed by atoms with Crippen LogP contribution in [0.1, 0.15) is 31.2 Å². The van der Waals surface area contributed by atoms with Crippen molar-refractivity contribution in [3.05, 3.63) is 28.8 Å². The van der Waals surface area contributed by atoms with Gasteiger partial charge < -0.3 is 10.5 Å². The minimum atomic E-state index is 0.240. The van der Waals surface area contributed by atoms with Crippen LogP contribution in [0.25, 0.3) is 0 Å². The van der Waals surface area contributed by atoms with Gasteiger partial charge in [0.25, 0.3) is 0 Å². The lowest BCUT2D eigenvalue weighted by molar-refractivity contribution is 0.0889. The summed E-state index contributed by atoms with van der Waals surface area (Å²) < 4.78 is 6.06. The van der Waals surface area contributed by atoms with Crippen LogP contribution in [-0.2, 0) is 6.42 Å². The molecule has 3 nitrogen and oxygen atoms in total. The molecule has 0 amide bonds. The third kappa shape index (κ3) is 3.36. The number of rotatable bonds is 4. The van der Waals surface area contributed by atoms with Crippen LogP contribution in [0.15, 0.2) is 18.2 Å². The predicted octanol–water partition coefficient (Wildman–Crippen LogP) is 3.09. The van der Waals surface area contributed by atoms with Crippen LogP contribution in [0.2, 0.25) is 5.02 Å². The van der Waals surface area contributed by atoms with Crippen molar-refractivity contribution in [3.8, 4) is 5.75 Å². The number of nitrogens with two attached hydrogens (primary N) is 1. The van der Waals surface area contributed by atoms with Crippen molar-refractivity contribution in [3.63, 3.8) is 0 Å². The SMILES string of the molecule is CN(CC1Cc2cc(Cl)ccc2O1)C1CCCCC1CN. The lowest BCUT2D eigenvalue weighted by atomic mass is 9.83. The van der Waals surface area contributed by atoms with Gasteiger partial charge in [-0.25, -0.2) is 0 Å². The molecule has 0 saturated heterocycles. The van der Waals surface area contributed by atoms with Gasteiger partial charge in [0.05, 0.1) is 0 Å². The predicted molar refractivity (Wildman–Crippen MR) is 87.0 cm³/mol. The third-order valence-corrected chi connectivity index (χ3v) is 5.23. The van der Waals surface area contributed by atoms with Crippen LogP contribution in [-0.4, -0.2) is 37.2 Å². The largest absolute Gasteiger partial charge is 0.488 e. The van der Waals surface area contributed by atoms with E-state index in [4.69, 9.17) is 22.1 Å². The maximum absolute atomic E-state index is 6.06. The fourth-order valence-electron chi connectivity index (χ4n) is 3.89. The van der Waals surface area contributed by atoms with Gasteiger partial charge in [0.2, 0.25) is 0 Å². The van der Waals surface area contributed by atoms with Gasteiger partial charge in [-0.05, 0) is 56.1 Å². The number of hydrogen-bond donors (Lipinski definition) is 1. The number of benzene rings is 1. The summed E-state index contributed by atoms with van der Waals surface area (Å²) in [4.78, 5) is 2.47. The van der Waals surface area contributed by atoms with E-state index in [1.807, 2.05) is 18.2 Å². The normalized spacial score (nSPS) is 28.5. The van der Waals surface area contributed by atoms with Crippen molar-refractivity contribution in [1.29, 1.82) is 0 Å². The van der Waals surface area contributed by atoms with Gasteiger partial charge in [0.1, 0.15) is 11.9 Å². The Bertz CT molecular complexity index is 494. The van der Waals surface area contributed by atoms with Crippen LogP contribution in [0, 0.1) is 5.92 Å². The average molecular weight is 309 g/mol. The molecule has 2 N–H and O–H groups in total. The second-order valence-corrected chi connectivity index (χ2v) is 6.92. The van der Waals surface area contributed by atoms with Crippen LogP contribution in [0.3, 0.4) is 0 Å². The van der Waals surface area contributed by atoms with Gasteiger partial charge in [0, 0.05) is 24.0 Å². The Kier molecular flexibility index (Phi) is 4.72. The van der Waals surface area contributed by atoms with E-state index in [1.54, 1.807) is 0 Å². The lowest BCUT2D eigenvalue weighted by Gasteiger charge is -2.38. The van der Waals surface area contributed by atoms with E-state index < -0.39 is 0 Å². The molecule has 2 aliphatic rings. The minimum absolute atomic E-state index is 0.240. The molecule has 1 aromatic carbocycles. The summed E-state index contributed by atoms with van der Waals surface area (Å²) in [7, 11) is 2.22. The van der Waals surface area contributed by atoms with E-state index >= 15 is 0 Å². The zero-order valence-electron chi connectivity index (χ0n) is 12.7. The Labute approximate surface area is 132 Å². The van der Waals surface area contributed by atoms with Crippen LogP contribution in [0.4, 0.5) is 0 Å². The standard InChI is InChI=1S/C17H25ClN2O/c1-20(16-5-3-2-4-12(16)10-19)11-15-9-13-8-14(18)6-7-17(13)21-15/h6-8,12,15-16H,2-5,9-11,19H2,1H3. The molecule has 116 valence electrons. The number of halogens is 1. The molecule has 0 radical (unpaired) electrons. The summed E-state index contributed by atoms with van der Waals surface area (Å²) in [5.41, 5.74) is 7.19. The molecule has 4 heteroatoms. The zero-order valence-corrected chi connectivity index (χ0v) is 13.5. The van der Waals surface area contributed by atoms with Crippen molar-refractivity contribution >= 4 is 11.6 Å². The second kappa shape index (κ2) is 6.55. The van der Waals surface area contributed by atoms with E-state index in [-0.39, 0.29) is 6.10 Å². The van der Waals surface area contributed by atoms with Crippen molar-refractivity contribution in [2.24, 2.45) is 11.7 Å². The molecule has 1 saturated carbocycles. The van der Waals surface area contributed by atoms with E-state index in [0.717, 1.165) is 30.3 Å². The summed E-state index contributed by atoms with van der Waals surface area (Å²) in [6.45, 7) is 1.77. The Hall–Kier alpha value is -0.770. The highest BCUT2D eigenvalue weighted by Crippen LogP contribution is 2.33. The van der Waals surface area contributed by atoms with Crippen molar-refractivity contribution < 1.29 is 4.74 Å². The van der Waals surface area contributed by atoms with Gasteiger partial charge in [-0.15, -0.1) is 0 Å². The third-order valence-electron chi connectivity index (χ3n) is 4.99. The highest BCUT2D eigenvalue weighted by Gasteiger charge is 2.31. The topological polar surface area (TPSA) is 38.5 Å². The number of likely N-dealkylation sites (N-methyl/N-ethyl adjacent to an activating group) is 1. The van der Waals surface area contributed by atoms with E-state index in [0.29, 0.717) is 12.0 Å². The average Bonchev–Trinajstić information content (AvgIpc) is 2.88. The van der Waals surface area contributed by atoms with E-state index in [1.165, 1.54) is 31.2 Å². The van der Waals surface area contributed by atoms with Gasteiger partial charge in [0.15, 0.2) is 0 Å². The number of fused-ring (bicyclic) bond motifs is 1. The van der Waals surface area contributed by atoms with Crippen LogP contribution < -0.4 is 10.5 Å². The quantitative estimate of drug-likeness (QED) is 0.929. The summed E-state index contributed by atoms with van der Waals surface area (Å²) in [5.74, 6) is 1.64. The molecule has 0 spiro atoms. The van der Waals surface area contributed by atoms with E-state index in [9.17, 15) is 0 Å². The number of ether oxygens (including phenoxy) is 1. The first-order valence-electron chi connectivity index (χ1n) is 8.02. The number of nitrogens with zero attached hydrogens (tertiary/aromatic N) is 1. The first-order valence-corrected chi connectivity index (χ1v) is 8.40. The molecular weight excluding hydrogens is 284 g/mol. The smallest absolute Gasteiger partial charge is 0.123 e. The van der Waals surface area contributed by atoms with Gasteiger partial charge in [-0.3, -0.25) is 4.90 Å². The summed E-state index contributed by atoms with van der Waals surface area (Å²) in [6.07, 6.45) is 6.39. The fraction of sp³-hybridized carbons (Fsp3) is 0.647. The zero-order chi connectivity index (χ0) is 14.8. The molecule has 3 rings (SSSR count). The monoisotopic (exact) mass is 308 g/mol. The molecule has 1 fully saturated rings. The first kappa shape index (κ1) is 15.1. The molecule has 21 heavy (non-hydrogen) atoms. The van der Waals surface area contributed by atoms with Crippen LogP contribution >= 0.6 is 11.6 Å². The van der Waals surface area contributed by atoms with Crippen LogP contribution in [0.5, 0.6) is 5.75 Å². The Balaban J connectivity index is 1.60. The summed E-state index contributed by atoms with van der Waals surface area (Å²) in [5, 5.41) is 0.793. The molecular formula is C17H25ClN2O.